The smallest absolute Gasteiger partial charge is 0.308 e. The summed E-state index contributed by atoms with van der Waals surface area (Å²) in [6.45, 7) is 5.84. The second kappa shape index (κ2) is 5.48. The number of hydrogen-bond acceptors (Lipinski definition) is 3. The van der Waals surface area contributed by atoms with E-state index in [2.05, 4.69) is 15.9 Å². The third-order valence-electron chi connectivity index (χ3n) is 3.55. The first kappa shape index (κ1) is 15.5. The van der Waals surface area contributed by atoms with Gasteiger partial charge in [-0.25, -0.2) is 0 Å². The van der Waals surface area contributed by atoms with Crippen molar-refractivity contribution in [1.29, 1.82) is 0 Å². The van der Waals surface area contributed by atoms with Crippen molar-refractivity contribution in [2.45, 2.75) is 45.2 Å². The zero-order valence-electron chi connectivity index (χ0n) is 11.7. The highest BCUT2D eigenvalue weighted by atomic mass is 79.9. The molecular weight excluding hydrogens is 342 g/mol. The number of carbonyl (C=O) groups is 2. The van der Waals surface area contributed by atoms with Crippen molar-refractivity contribution < 1.29 is 14.7 Å². The summed E-state index contributed by atoms with van der Waals surface area (Å²) in [6.07, 6.45) is 0.698. The van der Waals surface area contributed by atoms with Crippen molar-refractivity contribution in [3.05, 3.63) is 20.8 Å². The van der Waals surface area contributed by atoms with Gasteiger partial charge in [-0.1, -0.05) is 0 Å². The SMILES string of the molecule is CC(C)(C)N1C(=O)CCC(C(=O)O)C1c1sccc1Br. The Kier molecular flexibility index (Phi) is 4.25. The number of aliphatic carboxylic acids is 1. The van der Waals surface area contributed by atoms with Gasteiger partial charge in [-0.15, -0.1) is 11.3 Å². The molecule has 20 heavy (non-hydrogen) atoms. The monoisotopic (exact) mass is 359 g/mol. The van der Waals surface area contributed by atoms with Crippen LogP contribution in [0.3, 0.4) is 0 Å². The molecule has 0 radical (unpaired) electrons. The van der Waals surface area contributed by atoms with E-state index in [1.807, 2.05) is 32.2 Å². The van der Waals surface area contributed by atoms with Crippen LogP contribution < -0.4 is 0 Å². The number of carbonyl (C=O) groups excluding carboxylic acids is 1. The van der Waals surface area contributed by atoms with E-state index < -0.39 is 23.5 Å². The molecule has 0 aromatic carbocycles. The Bertz CT molecular complexity index is 535. The highest BCUT2D eigenvalue weighted by Gasteiger charge is 2.46. The molecule has 4 nitrogen and oxygen atoms in total. The van der Waals surface area contributed by atoms with Gasteiger partial charge in [-0.3, -0.25) is 9.59 Å². The Morgan fingerprint density at radius 3 is 2.60 bits per heavy atom. The van der Waals surface area contributed by atoms with Gasteiger partial charge >= 0.3 is 5.97 Å². The van der Waals surface area contributed by atoms with Crippen molar-refractivity contribution in [3.8, 4) is 0 Å². The molecule has 1 amide bonds. The lowest BCUT2D eigenvalue weighted by Gasteiger charge is -2.46. The summed E-state index contributed by atoms with van der Waals surface area (Å²) in [5.74, 6) is -1.36. The lowest BCUT2D eigenvalue weighted by atomic mass is 9.84. The molecule has 0 saturated carbocycles. The topological polar surface area (TPSA) is 57.6 Å². The zero-order chi connectivity index (χ0) is 15.1. The number of piperidine rings is 1. The van der Waals surface area contributed by atoms with E-state index >= 15 is 0 Å². The van der Waals surface area contributed by atoms with Crippen LogP contribution in [-0.2, 0) is 9.59 Å². The number of nitrogens with zero attached hydrogens (tertiary/aromatic N) is 1. The standard InChI is InChI=1S/C14H18BrNO3S/c1-14(2,3)16-10(17)5-4-8(13(18)19)11(16)12-9(15)6-7-20-12/h6-8,11H,4-5H2,1-3H3,(H,18,19). The summed E-state index contributed by atoms with van der Waals surface area (Å²) in [6, 6.07) is 1.50. The molecule has 1 aliphatic rings. The molecular formula is C14H18BrNO3S. The number of carboxylic acids is 1. The van der Waals surface area contributed by atoms with Crippen molar-refractivity contribution in [2.75, 3.05) is 0 Å². The average molecular weight is 360 g/mol. The van der Waals surface area contributed by atoms with E-state index in [1.165, 1.54) is 11.3 Å². The molecule has 1 aliphatic heterocycles. The van der Waals surface area contributed by atoms with Crippen molar-refractivity contribution in [3.63, 3.8) is 0 Å². The van der Waals surface area contributed by atoms with Gasteiger partial charge in [0.1, 0.15) is 0 Å². The molecule has 0 aliphatic carbocycles. The van der Waals surface area contributed by atoms with Crippen molar-refractivity contribution >= 4 is 39.1 Å². The van der Waals surface area contributed by atoms with Crippen LogP contribution in [0.2, 0.25) is 0 Å². The summed E-state index contributed by atoms with van der Waals surface area (Å²) < 4.78 is 0.878. The van der Waals surface area contributed by atoms with Crippen molar-refractivity contribution in [2.24, 2.45) is 5.92 Å². The molecule has 2 unspecified atom stereocenters. The van der Waals surface area contributed by atoms with Crippen LogP contribution >= 0.6 is 27.3 Å². The molecule has 1 aromatic heterocycles. The fourth-order valence-corrected chi connectivity index (χ4v) is 4.52. The first-order valence-electron chi connectivity index (χ1n) is 6.51. The Labute approximate surface area is 130 Å². The molecule has 2 rings (SSSR count). The minimum absolute atomic E-state index is 0.0281. The number of halogens is 1. The fraction of sp³-hybridized carbons (Fsp3) is 0.571. The minimum Gasteiger partial charge on any atom is -0.481 e. The molecule has 2 atom stereocenters. The van der Waals surface area contributed by atoms with Gasteiger partial charge < -0.3 is 10.0 Å². The maximum Gasteiger partial charge on any atom is 0.308 e. The predicted molar refractivity (Wildman–Crippen MR) is 81.7 cm³/mol. The third-order valence-corrected chi connectivity index (χ3v) is 5.49. The number of thiophene rings is 1. The maximum absolute atomic E-state index is 12.3. The van der Waals surface area contributed by atoms with Crippen molar-refractivity contribution in [1.82, 2.24) is 4.90 Å². The molecule has 1 N–H and O–H groups in total. The fourth-order valence-electron chi connectivity index (χ4n) is 2.76. The Morgan fingerprint density at radius 1 is 1.50 bits per heavy atom. The predicted octanol–water partition coefficient (Wildman–Crippen LogP) is 3.67. The summed E-state index contributed by atoms with van der Waals surface area (Å²) >= 11 is 4.97. The Morgan fingerprint density at radius 2 is 2.15 bits per heavy atom. The Hall–Kier alpha value is -0.880. The van der Waals surface area contributed by atoms with Crippen LogP contribution in [0.4, 0.5) is 0 Å². The number of carboxylic acid groups (broad SMARTS) is 1. The zero-order valence-corrected chi connectivity index (χ0v) is 14.1. The van der Waals surface area contributed by atoms with Crippen LogP contribution in [0.25, 0.3) is 0 Å². The lowest BCUT2D eigenvalue weighted by Crippen LogP contribution is -2.53. The summed E-state index contributed by atoms with van der Waals surface area (Å²) in [5, 5.41) is 11.4. The highest BCUT2D eigenvalue weighted by molar-refractivity contribution is 9.10. The molecule has 1 aromatic rings. The van der Waals surface area contributed by atoms with E-state index in [4.69, 9.17) is 0 Å². The molecule has 1 saturated heterocycles. The van der Waals surface area contributed by atoms with Gasteiger partial charge in [0.2, 0.25) is 5.91 Å². The van der Waals surface area contributed by atoms with Gasteiger partial charge in [0, 0.05) is 21.3 Å². The lowest BCUT2D eigenvalue weighted by molar-refractivity contribution is -0.156. The minimum atomic E-state index is -0.836. The summed E-state index contributed by atoms with van der Waals surface area (Å²) in [4.78, 5) is 26.6. The second-order valence-corrected chi connectivity index (χ2v) is 7.80. The van der Waals surface area contributed by atoms with E-state index in [-0.39, 0.29) is 5.91 Å². The van der Waals surface area contributed by atoms with E-state index in [1.54, 1.807) is 4.90 Å². The van der Waals surface area contributed by atoms with Gasteiger partial charge in [-0.05, 0) is 54.6 Å². The average Bonchev–Trinajstić information content (AvgIpc) is 2.72. The molecule has 0 bridgehead atoms. The largest absolute Gasteiger partial charge is 0.481 e. The molecule has 2 heterocycles. The Balaban J connectivity index is 2.53. The normalized spacial score (nSPS) is 24.0. The maximum atomic E-state index is 12.3. The second-order valence-electron chi connectivity index (χ2n) is 6.00. The third kappa shape index (κ3) is 2.76. The molecule has 0 spiro atoms. The number of amides is 1. The van der Waals surface area contributed by atoms with Crippen LogP contribution in [0.5, 0.6) is 0 Å². The first-order valence-corrected chi connectivity index (χ1v) is 8.18. The molecule has 110 valence electrons. The van der Waals surface area contributed by atoms with Gasteiger partial charge in [0.25, 0.3) is 0 Å². The van der Waals surface area contributed by atoms with Gasteiger partial charge in [-0.2, -0.15) is 0 Å². The molecule has 1 fully saturated rings. The highest BCUT2D eigenvalue weighted by Crippen LogP contribution is 2.45. The first-order chi connectivity index (χ1) is 9.23. The van der Waals surface area contributed by atoms with Crippen LogP contribution in [0.15, 0.2) is 15.9 Å². The molecule has 6 heteroatoms. The number of likely N-dealkylation sites (tertiary alicyclic amines) is 1. The summed E-state index contributed by atoms with van der Waals surface area (Å²) in [5.41, 5.74) is -0.403. The van der Waals surface area contributed by atoms with E-state index in [0.29, 0.717) is 12.8 Å². The number of rotatable bonds is 2. The summed E-state index contributed by atoms with van der Waals surface area (Å²) in [7, 11) is 0. The quantitative estimate of drug-likeness (QED) is 0.876. The van der Waals surface area contributed by atoms with E-state index in [0.717, 1.165) is 9.35 Å². The van der Waals surface area contributed by atoms with Crippen LogP contribution in [-0.4, -0.2) is 27.4 Å². The van der Waals surface area contributed by atoms with Gasteiger partial charge in [0.15, 0.2) is 0 Å². The van der Waals surface area contributed by atoms with Crippen LogP contribution in [0, 0.1) is 5.92 Å². The number of hydrogen-bond donors (Lipinski definition) is 1. The van der Waals surface area contributed by atoms with Gasteiger partial charge in [0.05, 0.1) is 12.0 Å². The van der Waals surface area contributed by atoms with Crippen LogP contribution in [0.1, 0.15) is 44.5 Å². The van der Waals surface area contributed by atoms with E-state index in [9.17, 15) is 14.7 Å².